The maximum atomic E-state index is 5.93. The molecule has 17 heavy (non-hydrogen) atoms. The van der Waals surface area contributed by atoms with Crippen LogP contribution in [0.15, 0.2) is 12.4 Å². The van der Waals surface area contributed by atoms with Crippen molar-refractivity contribution in [3.8, 4) is 0 Å². The van der Waals surface area contributed by atoms with E-state index in [0.717, 1.165) is 37.4 Å². The smallest absolute Gasteiger partial charge is 0.132 e. The molecule has 4 nitrogen and oxygen atoms in total. The van der Waals surface area contributed by atoms with Crippen LogP contribution in [0.2, 0.25) is 0 Å². The average Bonchev–Trinajstić information content (AvgIpc) is 2.76. The van der Waals surface area contributed by atoms with Crippen LogP contribution in [0.25, 0.3) is 0 Å². The van der Waals surface area contributed by atoms with Crippen LogP contribution in [-0.4, -0.2) is 29.1 Å². The third-order valence-electron chi connectivity index (χ3n) is 3.78. The summed E-state index contributed by atoms with van der Waals surface area (Å²) in [6, 6.07) is 2.40. The SMILES string of the molecule is CCC(C)(C)c1cc(N2CCC(N)C2)ncn1. The summed E-state index contributed by atoms with van der Waals surface area (Å²) in [5.74, 6) is 1.02. The largest absolute Gasteiger partial charge is 0.355 e. The first-order chi connectivity index (χ1) is 8.03. The van der Waals surface area contributed by atoms with E-state index in [1.165, 1.54) is 0 Å². The first kappa shape index (κ1) is 12.3. The van der Waals surface area contributed by atoms with E-state index in [-0.39, 0.29) is 11.5 Å². The second-order valence-corrected chi connectivity index (χ2v) is 5.49. The molecular weight excluding hydrogens is 212 g/mol. The van der Waals surface area contributed by atoms with Gasteiger partial charge in [0.2, 0.25) is 0 Å². The summed E-state index contributed by atoms with van der Waals surface area (Å²) in [7, 11) is 0. The third-order valence-corrected chi connectivity index (χ3v) is 3.78. The van der Waals surface area contributed by atoms with Gasteiger partial charge in [0.05, 0.1) is 5.69 Å². The van der Waals surface area contributed by atoms with Crippen LogP contribution in [-0.2, 0) is 5.41 Å². The van der Waals surface area contributed by atoms with E-state index in [9.17, 15) is 0 Å². The highest BCUT2D eigenvalue weighted by Gasteiger charge is 2.24. The number of hydrogen-bond acceptors (Lipinski definition) is 4. The van der Waals surface area contributed by atoms with Gasteiger partial charge in [-0.2, -0.15) is 0 Å². The van der Waals surface area contributed by atoms with Crippen molar-refractivity contribution in [2.45, 2.75) is 45.1 Å². The lowest BCUT2D eigenvalue weighted by Gasteiger charge is -2.24. The summed E-state index contributed by atoms with van der Waals surface area (Å²) >= 11 is 0. The van der Waals surface area contributed by atoms with Gasteiger partial charge in [0.15, 0.2) is 0 Å². The van der Waals surface area contributed by atoms with Crippen LogP contribution in [0.5, 0.6) is 0 Å². The molecule has 1 fully saturated rings. The molecule has 0 amide bonds. The van der Waals surface area contributed by atoms with Gasteiger partial charge in [0.25, 0.3) is 0 Å². The van der Waals surface area contributed by atoms with Crippen LogP contribution in [0.4, 0.5) is 5.82 Å². The molecule has 0 radical (unpaired) electrons. The minimum absolute atomic E-state index is 0.111. The van der Waals surface area contributed by atoms with Gasteiger partial charge in [-0.15, -0.1) is 0 Å². The lowest BCUT2D eigenvalue weighted by molar-refractivity contribution is 0.489. The number of nitrogens with two attached hydrogens (primary N) is 1. The van der Waals surface area contributed by atoms with Crippen molar-refractivity contribution in [3.05, 3.63) is 18.1 Å². The topological polar surface area (TPSA) is 55.0 Å². The maximum absolute atomic E-state index is 5.93. The van der Waals surface area contributed by atoms with Crippen LogP contribution in [0, 0.1) is 0 Å². The van der Waals surface area contributed by atoms with E-state index in [1.807, 2.05) is 0 Å². The van der Waals surface area contributed by atoms with Gasteiger partial charge < -0.3 is 10.6 Å². The first-order valence-electron chi connectivity index (χ1n) is 6.36. The maximum Gasteiger partial charge on any atom is 0.132 e. The fourth-order valence-electron chi connectivity index (χ4n) is 2.07. The summed E-state index contributed by atoms with van der Waals surface area (Å²) in [6.07, 6.45) is 3.80. The van der Waals surface area contributed by atoms with E-state index in [2.05, 4.69) is 41.7 Å². The molecule has 1 unspecified atom stereocenters. The molecule has 0 spiro atoms. The number of aromatic nitrogens is 2. The van der Waals surface area contributed by atoms with Crippen LogP contribution in [0.3, 0.4) is 0 Å². The predicted octanol–water partition coefficient (Wildman–Crippen LogP) is 1.70. The molecule has 0 aromatic carbocycles. The van der Waals surface area contributed by atoms with Crippen molar-refractivity contribution >= 4 is 5.82 Å². The molecule has 1 aromatic heterocycles. The van der Waals surface area contributed by atoms with Gasteiger partial charge in [-0.1, -0.05) is 20.8 Å². The van der Waals surface area contributed by atoms with E-state index in [4.69, 9.17) is 5.73 Å². The highest BCUT2D eigenvalue weighted by atomic mass is 15.2. The van der Waals surface area contributed by atoms with Crippen molar-refractivity contribution in [1.29, 1.82) is 0 Å². The van der Waals surface area contributed by atoms with Crippen molar-refractivity contribution in [2.24, 2.45) is 5.73 Å². The predicted molar refractivity (Wildman–Crippen MR) is 70.2 cm³/mol. The monoisotopic (exact) mass is 234 g/mol. The molecule has 0 bridgehead atoms. The minimum Gasteiger partial charge on any atom is -0.355 e. The van der Waals surface area contributed by atoms with Gasteiger partial charge in [-0.25, -0.2) is 9.97 Å². The summed E-state index contributed by atoms with van der Waals surface area (Å²) in [5, 5.41) is 0. The van der Waals surface area contributed by atoms with Crippen molar-refractivity contribution in [2.75, 3.05) is 18.0 Å². The number of anilines is 1. The quantitative estimate of drug-likeness (QED) is 0.865. The zero-order valence-electron chi connectivity index (χ0n) is 11.0. The van der Waals surface area contributed by atoms with Crippen LogP contribution < -0.4 is 10.6 Å². The fourth-order valence-corrected chi connectivity index (χ4v) is 2.07. The lowest BCUT2D eigenvalue weighted by atomic mass is 9.86. The van der Waals surface area contributed by atoms with Crippen molar-refractivity contribution < 1.29 is 0 Å². The fraction of sp³-hybridized carbons (Fsp3) is 0.692. The standard InChI is InChI=1S/C13H22N4/c1-4-13(2,3)11-7-12(16-9-15-11)17-6-5-10(14)8-17/h7,9-10H,4-6,8,14H2,1-3H3. The van der Waals surface area contributed by atoms with Crippen molar-refractivity contribution in [1.82, 2.24) is 9.97 Å². The van der Waals surface area contributed by atoms with Crippen molar-refractivity contribution in [3.63, 3.8) is 0 Å². The van der Waals surface area contributed by atoms with E-state index >= 15 is 0 Å². The second kappa shape index (κ2) is 4.61. The van der Waals surface area contributed by atoms with Crippen LogP contribution >= 0.6 is 0 Å². The van der Waals surface area contributed by atoms with Gasteiger partial charge in [-0.05, 0) is 12.8 Å². The van der Waals surface area contributed by atoms with Gasteiger partial charge in [-0.3, -0.25) is 0 Å². The zero-order chi connectivity index (χ0) is 12.5. The number of nitrogens with zero attached hydrogens (tertiary/aromatic N) is 3. The van der Waals surface area contributed by atoms with Gasteiger partial charge in [0, 0.05) is 30.6 Å². The Hall–Kier alpha value is -1.16. The molecule has 0 saturated carbocycles. The lowest BCUT2D eigenvalue weighted by Crippen LogP contribution is -2.27. The summed E-state index contributed by atoms with van der Waals surface area (Å²) in [5.41, 5.74) is 7.15. The molecule has 1 saturated heterocycles. The minimum atomic E-state index is 0.111. The Kier molecular flexibility index (Phi) is 3.33. The summed E-state index contributed by atoms with van der Waals surface area (Å²) < 4.78 is 0. The van der Waals surface area contributed by atoms with Gasteiger partial charge >= 0.3 is 0 Å². The molecule has 94 valence electrons. The Morgan fingerprint density at radius 1 is 1.47 bits per heavy atom. The summed E-state index contributed by atoms with van der Waals surface area (Å²) in [6.45, 7) is 8.53. The Morgan fingerprint density at radius 2 is 2.24 bits per heavy atom. The number of hydrogen-bond donors (Lipinski definition) is 1. The van der Waals surface area contributed by atoms with Gasteiger partial charge in [0.1, 0.15) is 12.1 Å². The van der Waals surface area contributed by atoms with E-state index < -0.39 is 0 Å². The first-order valence-corrected chi connectivity index (χ1v) is 6.36. The zero-order valence-corrected chi connectivity index (χ0v) is 11.0. The molecule has 1 aliphatic heterocycles. The molecule has 4 heteroatoms. The molecule has 2 heterocycles. The Bertz CT molecular complexity index is 389. The average molecular weight is 234 g/mol. The molecule has 2 rings (SSSR count). The molecule has 1 atom stereocenters. The third kappa shape index (κ3) is 2.57. The molecular formula is C13H22N4. The Labute approximate surface area is 103 Å². The Morgan fingerprint density at radius 3 is 2.82 bits per heavy atom. The van der Waals surface area contributed by atoms with E-state index in [0.29, 0.717) is 0 Å². The molecule has 1 aromatic rings. The summed E-state index contributed by atoms with van der Waals surface area (Å²) in [4.78, 5) is 11.0. The highest BCUT2D eigenvalue weighted by Crippen LogP contribution is 2.27. The Balaban J connectivity index is 2.23. The molecule has 1 aliphatic rings. The molecule has 2 N–H and O–H groups in total. The molecule has 0 aliphatic carbocycles. The van der Waals surface area contributed by atoms with Crippen LogP contribution in [0.1, 0.15) is 39.3 Å². The second-order valence-electron chi connectivity index (χ2n) is 5.49. The number of rotatable bonds is 3. The normalized spacial score (nSPS) is 20.9. The highest BCUT2D eigenvalue weighted by molar-refractivity contribution is 5.41. The van der Waals surface area contributed by atoms with E-state index in [1.54, 1.807) is 6.33 Å².